The highest BCUT2D eigenvalue weighted by atomic mass is 32.1. The molecule has 0 bridgehead atoms. The molecule has 2 aromatic heterocycles. The van der Waals surface area contributed by atoms with Crippen molar-refractivity contribution < 1.29 is 9.59 Å². The van der Waals surface area contributed by atoms with Gasteiger partial charge in [0.15, 0.2) is 0 Å². The Kier molecular flexibility index (Phi) is 3.69. The summed E-state index contributed by atoms with van der Waals surface area (Å²) in [7, 11) is 1.76. The van der Waals surface area contributed by atoms with Gasteiger partial charge < -0.3 is 10.2 Å². The highest BCUT2D eigenvalue weighted by molar-refractivity contribution is 7.12. The van der Waals surface area contributed by atoms with Crippen molar-refractivity contribution in [2.75, 3.05) is 7.05 Å². The van der Waals surface area contributed by atoms with Crippen LogP contribution in [-0.4, -0.2) is 38.8 Å². The molecule has 2 aromatic rings. The number of likely N-dealkylation sites (N-methyl/N-ethyl adjacent to an activating group) is 1. The second-order valence-corrected chi connectivity index (χ2v) is 6.33. The molecule has 7 nitrogen and oxygen atoms in total. The molecular weight excluding hydrogens is 302 g/mol. The van der Waals surface area contributed by atoms with Crippen molar-refractivity contribution in [3.63, 3.8) is 0 Å². The van der Waals surface area contributed by atoms with Crippen molar-refractivity contribution in [3.8, 4) is 0 Å². The molecule has 0 aromatic carbocycles. The van der Waals surface area contributed by atoms with Gasteiger partial charge in [0.25, 0.3) is 5.91 Å². The maximum Gasteiger partial charge on any atom is 0.261 e. The maximum atomic E-state index is 12.2. The third-order valence-corrected chi connectivity index (χ3v) is 4.86. The second kappa shape index (κ2) is 5.53. The summed E-state index contributed by atoms with van der Waals surface area (Å²) in [5.74, 6) is -0.0928. The highest BCUT2D eigenvalue weighted by Gasteiger charge is 2.31. The van der Waals surface area contributed by atoms with Crippen LogP contribution >= 0.6 is 11.3 Å². The quantitative estimate of drug-likeness (QED) is 0.919. The Balaban J connectivity index is 1.75. The number of hydrogen-bond donors (Lipinski definition) is 1. The Labute approximate surface area is 131 Å². The van der Waals surface area contributed by atoms with Crippen LogP contribution in [-0.2, 0) is 17.9 Å². The van der Waals surface area contributed by atoms with E-state index in [1.54, 1.807) is 23.6 Å². The number of rotatable bonds is 3. The molecule has 0 saturated carbocycles. The molecule has 1 atom stereocenters. The maximum absolute atomic E-state index is 12.2. The van der Waals surface area contributed by atoms with Gasteiger partial charge in [-0.05, 0) is 30.9 Å². The second-order valence-electron chi connectivity index (χ2n) is 5.41. The van der Waals surface area contributed by atoms with Crippen LogP contribution in [0, 0.1) is 6.92 Å². The van der Waals surface area contributed by atoms with Crippen LogP contribution in [0.2, 0.25) is 0 Å². The van der Waals surface area contributed by atoms with Crippen molar-refractivity contribution in [1.82, 2.24) is 25.2 Å². The Morgan fingerprint density at radius 2 is 2.32 bits per heavy atom. The van der Waals surface area contributed by atoms with E-state index in [0.717, 1.165) is 11.3 Å². The first-order valence-corrected chi connectivity index (χ1v) is 7.87. The summed E-state index contributed by atoms with van der Waals surface area (Å²) in [6.45, 7) is 4.47. The number of nitrogens with zero attached hydrogens (tertiary/aromatic N) is 4. The molecular formula is C14H17N5O2S. The molecule has 2 amide bonds. The third kappa shape index (κ3) is 2.39. The zero-order valence-corrected chi connectivity index (χ0v) is 13.5. The smallest absolute Gasteiger partial charge is 0.261 e. The first-order valence-electron chi connectivity index (χ1n) is 6.99. The van der Waals surface area contributed by atoms with Gasteiger partial charge in [-0.3, -0.25) is 9.59 Å². The fourth-order valence-corrected chi connectivity index (χ4v) is 3.38. The number of hydrogen-bond acceptors (Lipinski definition) is 5. The fourth-order valence-electron chi connectivity index (χ4n) is 2.53. The van der Waals surface area contributed by atoms with Gasteiger partial charge in [0.1, 0.15) is 11.7 Å². The number of fused-ring (bicyclic) bond motifs is 1. The molecule has 0 spiro atoms. The average molecular weight is 319 g/mol. The predicted molar refractivity (Wildman–Crippen MR) is 81.4 cm³/mol. The summed E-state index contributed by atoms with van der Waals surface area (Å²) in [6.07, 6.45) is 0. The molecule has 116 valence electrons. The van der Waals surface area contributed by atoms with Crippen LogP contribution in [0.4, 0.5) is 0 Å². The van der Waals surface area contributed by atoms with E-state index in [2.05, 4.69) is 15.6 Å². The molecule has 3 rings (SSSR count). The minimum atomic E-state index is -0.356. The first kappa shape index (κ1) is 14.7. The van der Waals surface area contributed by atoms with E-state index in [9.17, 15) is 9.59 Å². The molecule has 1 aliphatic heterocycles. The van der Waals surface area contributed by atoms with E-state index >= 15 is 0 Å². The Hall–Kier alpha value is -2.22. The molecule has 22 heavy (non-hydrogen) atoms. The van der Waals surface area contributed by atoms with E-state index in [4.69, 9.17) is 0 Å². The summed E-state index contributed by atoms with van der Waals surface area (Å²) in [4.78, 5) is 26.4. The largest absolute Gasteiger partial charge is 0.346 e. The molecule has 0 radical (unpaired) electrons. The number of aryl methyl sites for hydroxylation is 1. The van der Waals surface area contributed by atoms with E-state index < -0.39 is 0 Å². The van der Waals surface area contributed by atoms with Gasteiger partial charge in [0.2, 0.25) is 5.91 Å². The molecule has 3 heterocycles. The van der Waals surface area contributed by atoms with Crippen molar-refractivity contribution in [2.45, 2.75) is 33.0 Å². The van der Waals surface area contributed by atoms with Crippen LogP contribution in [0.1, 0.15) is 39.6 Å². The van der Waals surface area contributed by atoms with E-state index in [-0.39, 0.29) is 17.9 Å². The lowest BCUT2D eigenvalue weighted by Crippen LogP contribution is -2.39. The van der Waals surface area contributed by atoms with Gasteiger partial charge in [-0.25, -0.2) is 4.68 Å². The lowest BCUT2D eigenvalue weighted by molar-refractivity contribution is -0.135. The van der Waals surface area contributed by atoms with Crippen molar-refractivity contribution >= 4 is 23.2 Å². The summed E-state index contributed by atoms with van der Waals surface area (Å²) in [5, 5.41) is 12.9. The van der Waals surface area contributed by atoms with Gasteiger partial charge in [0.05, 0.1) is 23.7 Å². The molecule has 8 heteroatoms. The number of carbonyl (C=O) groups is 2. The highest BCUT2D eigenvalue weighted by Crippen LogP contribution is 2.22. The Morgan fingerprint density at radius 3 is 3.00 bits per heavy atom. The van der Waals surface area contributed by atoms with Gasteiger partial charge in [-0.1, -0.05) is 5.21 Å². The lowest BCUT2D eigenvalue weighted by Gasteiger charge is -2.28. The standard InChI is InChI=1S/C14H17N5O2S/c1-8-4-5-22-12(8)13(20)15-6-10-11-7-18(3)14(21)9(2)19(11)17-16-10/h4-5,9H,6-7H2,1-3H3,(H,15,20). The van der Waals surface area contributed by atoms with Gasteiger partial charge in [0, 0.05) is 7.05 Å². The predicted octanol–water partition coefficient (Wildman–Crippen LogP) is 1.11. The fraction of sp³-hybridized carbons (Fsp3) is 0.429. The van der Waals surface area contributed by atoms with Gasteiger partial charge in [-0.15, -0.1) is 16.4 Å². The van der Waals surface area contributed by atoms with Crippen LogP contribution in [0.25, 0.3) is 0 Å². The van der Waals surface area contributed by atoms with Gasteiger partial charge in [-0.2, -0.15) is 0 Å². The van der Waals surface area contributed by atoms with Crippen molar-refractivity contribution in [1.29, 1.82) is 0 Å². The van der Waals surface area contributed by atoms with Crippen LogP contribution in [0.3, 0.4) is 0 Å². The lowest BCUT2D eigenvalue weighted by atomic mass is 10.2. The van der Waals surface area contributed by atoms with Crippen LogP contribution in [0.5, 0.6) is 0 Å². The monoisotopic (exact) mass is 319 g/mol. The number of aromatic nitrogens is 3. The molecule has 0 fully saturated rings. The first-order chi connectivity index (χ1) is 10.5. The zero-order valence-electron chi connectivity index (χ0n) is 12.7. The molecule has 1 unspecified atom stereocenters. The molecule has 0 aliphatic carbocycles. The summed E-state index contributed by atoms with van der Waals surface area (Å²) in [6, 6.07) is 1.56. The summed E-state index contributed by atoms with van der Waals surface area (Å²) < 4.78 is 1.64. The van der Waals surface area contributed by atoms with Crippen molar-refractivity contribution in [3.05, 3.63) is 33.3 Å². The topological polar surface area (TPSA) is 80.1 Å². The van der Waals surface area contributed by atoms with Crippen LogP contribution in [0.15, 0.2) is 11.4 Å². The van der Waals surface area contributed by atoms with E-state index in [0.29, 0.717) is 23.7 Å². The summed E-state index contributed by atoms with van der Waals surface area (Å²) >= 11 is 1.42. The summed E-state index contributed by atoms with van der Waals surface area (Å²) in [5.41, 5.74) is 2.54. The molecule has 1 N–H and O–H groups in total. The number of thiophene rings is 1. The Morgan fingerprint density at radius 1 is 1.55 bits per heavy atom. The van der Waals surface area contributed by atoms with Crippen LogP contribution < -0.4 is 5.32 Å². The average Bonchev–Trinajstić information content (AvgIpc) is 3.09. The number of carbonyl (C=O) groups excluding carboxylic acids is 2. The number of nitrogens with one attached hydrogen (secondary N) is 1. The Bertz CT molecular complexity index is 735. The number of amides is 2. The SMILES string of the molecule is Cc1ccsc1C(=O)NCc1nnn2c1CN(C)C(=O)C2C. The molecule has 1 aliphatic rings. The third-order valence-electron chi connectivity index (χ3n) is 3.84. The van der Waals surface area contributed by atoms with Crippen molar-refractivity contribution in [2.24, 2.45) is 0 Å². The van der Waals surface area contributed by atoms with Gasteiger partial charge >= 0.3 is 0 Å². The molecule has 0 saturated heterocycles. The minimum Gasteiger partial charge on any atom is -0.346 e. The zero-order chi connectivity index (χ0) is 15.9. The normalized spacial score (nSPS) is 17.5. The van der Waals surface area contributed by atoms with E-state index in [1.165, 1.54) is 11.3 Å². The van der Waals surface area contributed by atoms with E-state index in [1.807, 2.05) is 18.4 Å². The minimum absolute atomic E-state index is 0.0159.